The van der Waals surface area contributed by atoms with Crippen molar-refractivity contribution in [1.29, 1.82) is 0 Å². The maximum Gasteiger partial charge on any atom is 0.310 e. The van der Waals surface area contributed by atoms with Gasteiger partial charge in [-0.05, 0) is 37.0 Å². The largest absolute Gasteiger partial charge is 0.481 e. The summed E-state index contributed by atoms with van der Waals surface area (Å²) in [6.07, 6.45) is 0.461. The quantitative estimate of drug-likeness (QED) is 0.917. The molecule has 1 N–H and O–H groups in total. The van der Waals surface area contributed by atoms with E-state index in [4.69, 9.17) is 0 Å². The van der Waals surface area contributed by atoms with Crippen molar-refractivity contribution in [3.8, 4) is 0 Å². The molecule has 0 radical (unpaired) electrons. The molecule has 0 aliphatic carbocycles. The summed E-state index contributed by atoms with van der Waals surface area (Å²) in [5.74, 6) is -1.55. The predicted molar refractivity (Wildman–Crippen MR) is 68.1 cm³/mol. The van der Waals surface area contributed by atoms with E-state index < -0.39 is 21.2 Å². The van der Waals surface area contributed by atoms with E-state index in [0.29, 0.717) is 5.56 Å². The Bertz CT molecular complexity index is 563. The lowest BCUT2D eigenvalue weighted by Gasteiger charge is -2.33. The summed E-state index contributed by atoms with van der Waals surface area (Å²) in [6, 6.07) is 5.65. The summed E-state index contributed by atoms with van der Waals surface area (Å²) < 4.78 is 35.7. The molecule has 4 nitrogen and oxygen atoms in total. The first kappa shape index (κ1) is 14.0. The molecule has 0 aromatic heterocycles. The molecule has 1 saturated heterocycles. The minimum Gasteiger partial charge on any atom is -0.481 e. The van der Waals surface area contributed by atoms with Crippen LogP contribution in [0.1, 0.15) is 18.4 Å². The first-order valence-electron chi connectivity index (χ1n) is 6.01. The van der Waals surface area contributed by atoms with Gasteiger partial charge >= 0.3 is 5.97 Å². The third-order valence-corrected chi connectivity index (χ3v) is 5.34. The van der Waals surface area contributed by atoms with Gasteiger partial charge in [0.2, 0.25) is 0 Å². The second-order valence-corrected chi connectivity index (χ2v) is 7.34. The van der Waals surface area contributed by atoms with Crippen LogP contribution >= 0.6 is 0 Å². The van der Waals surface area contributed by atoms with E-state index in [0.717, 1.165) is 0 Å². The third-order valence-electron chi connectivity index (χ3n) is 3.69. The van der Waals surface area contributed by atoms with E-state index in [1.807, 2.05) is 0 Å². The zero-order chi connectivity index (χ0) is 14.1. The fraction of sp³-hybridized carbons (Fsp3) is 0.462. The Morgan fingerprint density at radius 3 is 2.21 bits per heavy atom. The fourth-order valence-corrected chi connectivity index (χ4v) is 4.00. The van der Waals surface area contributed by atoms with Crippen molar-refractivity contribution in [3.63, 3.8) is 0 Å². The maximum atomic E-state index is 12.8. The minimum atomic E-state index is -3.11. The number of sulfone groups is 1. The van der Waals surface area contributed by atoms with Gasteiger partial charge in [0, 0.05) is 0 Å². The summed E-state index contributed by atoms with van der Waals surface area (Å²) >= 11 is 0. The van der Waals surface area contributed by atoms with E-state index in [2.05, 4.69) is 0 Å². The van der Waals surface area contributed by atoms with E-state index in [1.165, 1.54) is 12.1 Å². The van der Waals surface area contributed by atoms with Crippen LogP contribution in [0.3, 0.4) is 0 Å². The van der Waals surface area contributed by atoms with Gasteiger partial charge in [0.1, 0.15) is 15.7 Å². The van der Waals surface area contributed by atoms with Crippen LogP contribution in [0, 0.1) is 11.2 Å². The zero-order valence-electron chi connectivity index (χ0n) is 10.3. The monoisotopic (exact) mass is 286 g/mol. The summed E-state index contributed by atoms with van der Waals surface area (Å²) in [4.78, 5) is 11.5. The number of hydrogen-bond donors (Lipinski definition) is 1. The van der Waals surface area contributed by atoms with Crippen LogP contribution in [0.25, 0.3) is 0 Å². The molecule has 0 amide bonds. The van der Waals surface area contributed by atoms with Crippen molar-refractivity contribution in [1.82, 2.24) is 0 Å². The van der Waals surface area contributed by atoms with Crippen molar-refractivity contribution in [2.45, 2.75) is 19.3 Å². The minimum absolute atomic E-state index is 0.0967. The third kappa shape index (κ3) is 3.12. The SMILES string of the molecule is O=C(O)C1(Cc2ccc(F)cc2)CCS(=O)(=O)CC1. The molecular formula is C13H15FO4S. The Kier molecular flexibility index (Phi) is 3.62. The molecule has 1 fully saturated rings. The van der Waals surface area contributed by atoms with Gasteiger partial charge in [-0.25, -0.2) is 12.8 Å². The molecule has 2 rings (SSSR count). The van der Waals surface area contributed by atoms with E-state index >= 15 is 0 Å². The molecule has 0 bridgehead atoms. The van der Waals surface area contributed by atoms with Gasteiger partial charge in [-0.15, -0.1) is 0 Å². The highest BCUT2D eigenvalue weighted by Crippen LogP contribution is 2.36. The highest BCUT2D eigenvalue weighted by Gasteiger charge is 2.43. The Labute approximate surface area is 111 Å². The van der Waals surface area contributed by atoms with Crippen LogP contribution in [-0.4, -0.2) is 31.0 Å². The smallest absolute Gasteiger partial charge is 0.310 e. The van der Waals surface area contributed by atoms with Crippen LogP contribution in [0.4, 0.5) is 4.39 Å². The molecule has 104 valence electrons. The average Bonchev–Trinajstić information content (AvgIpc) is 2.35. The van der Waals surface area contributed by atoms with Crippen molar-refractivity contribution >= 4 is 15.8 Å². The van der Waals surface area contributed by atoms with Crippen LogP contribution < -0.4 is 0 Å². The van der Waals surface area contributed by atoms with Crippen molar-refractivity contribution < 1.29 is 22.7 Å². The molecule has 1 aromatic carbocycles. The number of carboxylic acid groups (broad SMARTS) is 1. The van der Waals surface area contributed by atoms with Crippen molar-refractivity contribution in [3.05, 3.63) is 35.6 Å². The summed E-state index contributed by atoms with van der Waals surface area (Å²) in [7, 11) is -3.11. The van der Waals surface area contributed by atoms with Crippen molar-refractivity contribution in [2.75, 3.05) is 11.5 Å². The van der Waals surface area contributed by atoms with Gasteiger partial charge in [-0.2, -0.15) is 0 Å². The maximum absolute atomic E-state index is 12.8. The standard InChI is InChI=1S/C13H15FO4S/c14-11-3-1-10(2-4-11)9-13(12(15)16)5-7-19(17,18)8-6-13/h1-4H,5-9H2,(H,15,16). The normalized spacial score (nSPS) is 20.9. The van der Waals surface area contributed by atoms with Crippen LogP contribution in [0.5, 0.6) is 0 Å². The lowest BCUT2D eigenvalue weighted by molar-refractivity contribution is -0.149. The molecule has 0 spiro atoms. The van der Waals surface area contributed by atoms with Gasteiger partial charge < -0.3 is 5.11 Å². The Morgan fingerprint density at radius 2 is 1.74 bits per heavy atom. The lowest BCUT2D eigenvalue weighted by Crippen LogP contribution is -2.41. The topological polar surface area (TPSA) is 71.4 Å². The fourth-order valence-electron chi connectivity index (χ4n) is 2.39. The number of rotatable bonds is 3. The molecule has 0 unspecified atom stereocenters. The van der Waals surface area contributed by atoms with Crippen LogP contribution in [0.15, 0.2) is 24.3 Å². The highest BCUT2D eigenvalue weighted by molar-refractivity contribution is 7.91. The van der Waals surface area contributed by atoms with Gasteiger partial charge in [-0.1, -0.05) is 12.1 Å². The number of carbonyl (C=O) groups is 1. The first-order valence-corrected chi connectivity index (χ1v) is 7.83. The lowest BCUT2D eigenvalue weighted by atomic mass is 9.76. The molecule has 19 heavy (non-hydrogen) atoms. The van der Waals surface area contributed by atoms with Crippen molar-refractivity contribution in [2.24, 2.45) is 5.41 Å². The van der Waals surface area contributed by atoms with E-state index in [1.54, 1.807) is 12.1 Å². The van der Waals surface area contributed by atoms with E-state index in [9.17, 15) is 22.7 Å². The first-order chi connectivity index (χ1) is 8.83. The van der Waals surface area contributed by atoms with Crippen LogP contribution in [0.2, 0.25) is 0 Å². The molecule has 0 atom stereocenters. The van der Waals surface area contributed by atoms with E-state index in [-0.39, 0.29) is 36.6 Å². The Hall–Kier alpha value is -1.43. The van der Waals surface area contributed by atoms with Gasteiger partial charge in [-0.3, -0.25) is 4.79 Å². The molecule has 1 aromatic rings. The molecule has 1 aliphatic rings. The second-order valence-electron chi connectivity index (χ2n) is 5.04. The summed E-state index contributed by atoms with van der Waals surface area (Å²) in [5.41, 5.74) is -0.341. The number of carboxylic acids is 1. The molecule has 6 heteroatoms. The number of hydrogen-bond acceptors (Lipinski definition) is 3. The number of benzene rings is 1. The average molecular weight is 286 g/mol. The molecule has 0 saturated carbocycles. The molecule has 1 heterocycles. The Balaban J connectivity index is 2.22. The summed E-state index contributed by atoms with van der Waals surface area (Å²) in [5, 5.41) is 9.41. The summed E-state index contributed by atoms with van der Waals surface area (Å²) in [6.45, 7) is 0. The highest BCUT2D eigenvalue weighted by atomic mass is 32.2. The number of aliphatic carboxylic acids is 1. The number of halogens is 1. The van der Waals surface area contributed by atoms with Gasteiger partial charge in [0.15, 0.2) is 0 Å². The predicted octanol–water partition coefficient (Wildman–Crippen LogP) is 1.65. The zero-order valence-corrected chi connectivity index (χ0v) is 11.1. The van der Waals surface area contributed by atoms with Gasteiger partial charge in [0.05, 0.1) is 16.9 Å². The second kappa shape index (κ2) is 4.92. The van der Waals surface area contributed by atoms with Gasteiger partial charge in [0.25, 0.3) is 0 Å². The molecular weight excluding hydrogens is 271 g/mol. The Morgan fingerprint density at radius 1 is 1.21 bits per heavy atom. The van der Waals surface area contributed by atoms with Crippen LogP contribution in [-0.2, 0) is 21.1 Å². The molecule has 1 aliphatic heterocycles.